The van der Waals surface area contributed by atoms with Crippen LogP contribution in [0.4, 0.5) is 0 Å². The molecule has 0 radical (unpaired) electrons. The SMILES string of the molecule is CCN1CCN(C(=O)C(N)c2cccc(Cl)c2)CC1. The number of rotatable bonds is 3. The molecule has 1 aliphatic heterocycles. The molecule has 1 atom stereocenters. The summed E-state index contributed by atoms with van der Waals surface area (Å²) in [5.74, 6) is -0.0157. The van der Waals surface area contributed by atoms with Gasteiger partial charge in [-0.3, -0.25) is 4.79 Å². The molecule has 19 heavy (non-hydrogen) atoms. The number of benzene rings is 1. The summed E-state index contributed by atoms with van der Waals surface area (Å²) in [5, 5.41) is 0.608. The molecule has 1 aromatic rings. The summed E-state index contributed by atoms with van der Waals surface area (Å²) in [6.07, 6.45) is 0. The lowest BCUT2D eigenvalue weighted by Gasteiger charge is -2.35. The van der Waals surface area contributed by atoms with Crippen molar-refractivity contribution in [1.82, 2.24) is 9.80 Å². The van der Waals surface area contributed by atoms with Crippen LogP contribution in [-0.2, 0) is 4.79 Å². The van der Waals surface area contributed by atoms with E-state index in [-0.39, 0.29) is 5.91 Å². The van der Waals surface area contributed by atoms with Gasteiger partial charge in [0.1, 0.15) is 6.04 Å². The first-order chi connectivity index (χ1) is 9.11. The molecule has 0 bridgehead atoms. The van der Waals surface area contributed by atoms with Gasteiger partial charge in [0.25, 0.3) is 0 Å². The standard InChI is InChI=1S/C14H20ClN3O/c1-2-17-6-8-18(9-7-17)14(19)13(16)11-4-3-5-12(15)10-11/h3-5,10,13H,2,6-9,16H2,1H3. The van der Waals surface area contributed by atoms with E-state index >= 15 is 0 Å². The van der Waals surface area contributed by atoms with Crippen molar-refractivity contribution < 1.29 is 4.79 Å². The summed E-state index contributed by atoms with van der Waals surface area (Å²) in [7, 11) is 0. The highest BCUT2D eigenvalue weighted by molar-refractivity contribution is 6.30. The lowest BCUT2D eigenvalue weighted by atomic mass is 10.1. The van der Waals surface area contributed by atoms with Crippen molar-refractivity contribution in [2.45, 2.75) is 13.0 Å². The Morgan fingerprint density at radius 3 is 2.63 bits per heavy atom. The smallest absolute Gasteiger partial charge is 0.244 e. The predicted octanol–water partition coefficient (Wildman–Crippen LogP) is 1.50. The zero-order valence-electron chi connectivity index (χ0n) is 11.2. The number of likely N-dealkylation sites (N-methyl/N-ethyl adjacent to an activating group) is 1. The Kier molecular flexibility index (Phi) is 4.80. The molecule has 1 saturated heterocycles. The second-order valence-electron chi connectivity index (χ2n) is 4.79. The number of amides is 1. The maximum Gasteiger partial charge on any atom is 0.244 e. The number of nitrogens with two attached hydrogens (primary N) is 1. The zero-order valence-corrected chi connectivity index (χ0v) is 11.9. The topological polar surface area (TPSA) is 49.6 Å². The first-order valence-electron chi connectivity index (χ1n) is 6.64. The van der Waals surface area contributed by atoms with E-state index in [9.17, 15) is 4.79 Å². The minimum Gasteiger partial charge on any atom is -0.338 e. The fourth-order valence-corrected chi connectivity index (χ4v) is 2.52. The van der Waals surface area contributed by atoms with E-state index in [0.29, 0.717) is 5.02 Å². The van der Waals surface area contributed by atoms with Gasteiger partial charge in [0.15, 0.2) is 0 Å². The Morgan fingerprint density at radius 2 is 2.05 bits per heavy atom. The van der Waals surface area contributed by atoms with Crippen LogP contribution in [0.2, 0.25) is 5.02 Å². The van der Waals surface area contributed by atoms with E-state index < -0.39 is 6.04 Å². The van der Waals surface area contributed by atoms with Gasteiger partial charge in [-0.25, -0.2) is 0 Å². The molecule has 5 heteroatoms. The van der Waals surface area contributed by atoms with Gasteiger partial charge in [-0.05, 0) is 24.2 Å². The molecule has 2 rings (SSSR count). The van der Waals surface area contributed by atoms with Crippen LogP contribution in [-0.4, -0.2) is 48.4 Å². The van der Waals surface area contributed by atoms with Crippen LogP contribution in [0.1, 0.15) is 18.5 Å². The van der Waals surface area contributed by atoms with Gasteiger partial charge < -0.3 is 15.5 Å². The minimum atomic E-state index is -0.619. The number of nitrogens with zero attached hydrogens (tertiary/aromatic N) is 2. The van der Waals surface area contributed by atoms with Crippen LogP contribution in [0, 0.1) is 0 Å². The molecule has 1 aromatic carbocycles. The summed E-state index contributed by atoms with van der Waals surface area (Å²) in [6, 6.07) is 6.58. The summed E-state index contributed by atoms with van der Waals surface area (Å²) in [4.78, 5) is 16.5. The molecule has 1 amide bonds. The summed E-state index contributed by atoms with van der Waals surface area (Å²) in [6.45, 7) is 6.51. The minimum absolute atomic E-state index is 0.0157. The number of piperazine rings is 1. The van der Waals surface area contributed by atoms with Gasteiger partial charge in [0, 0.05) is 31.2 Å². The average molecular weight is 282 g/mol. The van der Waals surface area contributed by atoms with Gasteiger partial charge in [-0.1, -0.05) is 30.7 Å². The fourth-order valence-electron chi connectivity index (χ4n) is 2.32. The molecule has 1 heterocycles. The molecular weight excluding hydrogens is 262 g/mol. The van der Waals surface area contributed by atoms with Gasteiger partial charge in [0.05, 0.1) is 0 Å². The normalized spacial score (nSPS) is 18.4. The molecule has 2 N–H and O–H groups in total. The molecule has 104 valence electrons. The zero-order chi connectivity index (χ0) is 13.8. The highest BCUT2D eigenvalue weighted by Gasteiger charge is 2.25. The first kappa shape index (κ1) is 14.3. The van der Waals surface area contributed by atoms with E-state index in [2.05, 4.69) is 11.8 Å². The van der Waals surface area contributed by atoms with E-state index in [1.165, 1.54) is 0 Å². The third kappa shape index (κ3) is 3.47. The molecule has 1 aliphatic rings. The Balaban J connectivity index is 2.00. The second kappa shape index (κ2) is 6.37. The Labute approximate surface area is 119 Å². The van der Waals surface area contributed by atoms with Crippen LogP contribution >= 0.6 is 11.6 Å². The Morgan fingerprint density at radius 1 is 1.37 bits per heavy atom. The predicted molar refractivity (Wildman–Crippen MR) is 77.1 cm³/mol. The van der Waals surface area contributed by atoms with E-state index in [1.807, 2.05) is 17.0 Å². The Bertz CT molecular complexity index is 444. The number of hydrogen-bond donors (Lipinski definition) is 1. The highest BCUT2D eigenvalue weighted by atomic mass is 35.5. The molecule has 1 fully saturated rings. The largest absolute Gasteiger partial charge is 0.338 e. The fraction of sp³-hybridized carbons (Fsp3) is 0.500. The van der Waals surface area contributed by atoms with Crippen LogP contribution in [0.5, 0.6) is 0 Å². The summed E-state index contributed by atoms with van der Waals surface area (Å²) >= 11 is 5.93. The van der Waals surface area contributed by atoms with Gasteiger partial charge >= 0.3 is 0 Å². The molecule has 0 saturated carbocycles. The summed E-state index contributed by atoms with van der Waals surface area (Å²) < 4.78 is 0. The Hall–Kier alpha value is -1.10. The van der Waals surface area contributed by atoms with Crippen LogP contribution in [0.25, 0.3) is 0 Å². The average Bonchev–Trinajstić information content (AvgIpc) is 2.46. The van der Waals surface area contributed by atoms with Crippen LogP contribution in [0.3, 0.4) is 0 Å². The maximum absolute atomic E-state index is 12.3. The highest BCUT2D eigenvalue weighted by Crippen LogP contribution is 2.18. The third-order valence-electron chi connectivity index (χ3n) is 3.61. The van der Waals surface area contributed by atoms with Gasteiger partial charge in [-0.15, -0.1) is 0 Å². The molecular formula is C14H20ClN3O. The van der Waals surface area contributed by atoms with Crippen molar-refractivity contribution in [3.05, 3.63) is 34.9 Å². The second-order valence-corrected chi connectivity index (χ2v) is 5.23. The van der Waals surface area contributed by atoms with Gasteiger partial charge in [-0.2, -0.15) is 0 Å². The van der Waals surface area contributed by atoms with Gasteiger partial charge in [0.2, 0.25) is 5.91 Å². The van der Waals surface area contributed by atoms with Crippen molar-refractivity contribution in [2.75, 3.05) is 32.7 Å². The lowest BCUT2D eigenvalue weighted by molar-refractivity contribution is -0.134. The van der Waals surface area contributed by atoms with Crippen LogP contribution in [0.15, 0.2) is 24.3 Å². The number of halogens is 1. The van der Waals surface area contributed by atoms with E-state index in [1.54, 1.807) is 12.1 Å². The van der Waals surface area contributed by atoms with Crippen molar-refractivity contribution in [3.63, 3.8) is 0 Å². The molecule has 1 unspecified atom stereocenters. The number of carbonyl (C=O) groups is 1. The monoisotopic (exact) mass is 281 g/mol. The van der Waals surface area contributed by atoms with Crippen molar-refractivity contribution in [2.24, 2.45) is 5.73 Å². The van der Waals surface area contributed by atoms with Crippen molar-refractivity contribution in [1.29, 1.82) is 0 Å². The van der Waals surface area contributed by atoms with E-state index in [4.69, 9.17) is 17.3 Å². The number of carbonyl (C=O) groups excluding carboxylic acids is 1. The van der Waals surface area contributed by atoms with E-state index in [0.717, 1.165) is 38.3 Å². The number of hydrogen-bond acceptors (Lipinski definition) is 3. The van der Waals surface area contributed by atoms with Crippen LogP contribution < -0.4 is 5.73 Å². The molecule has 0 aliphatic carbocycles. The van der Waals surface area contributed by atoms with Crippen molar-refractivity contribution >= 4 is 17.5 Å². The third-order valence-corrected chi connectivity index (χ3v) is 3.84. The quantitative estimate of drug-likeness (QED) is 0.914. The lowest BCUT2D eigenvalue weighted by Crippen LogP contribution is -2.50. The van der Waals surface area contributed by atoms with Crippen molar-refractivity contribution in [3.8, 4) is 0 Å². The molecule has 0 aromatic heterocycles. The summed E-state index contributed by atoms with van der Waals surface area (Å²) in [5.41, 5.74) is 6.82. The molecule has 0 spiro atoms. The molecule has 4 nitrogen and oxygen atoms in total. The first-order valence-corrected chi connectivity index (χ1v) is 7.01. The maximum atomic E-state index is 12.3.